The van der Waals surface area contributed by atoms with Gasteiger partial charge in [-0.25, -0.2) is 0 Å². The molecule has 20 heavy (non-hydrogen) atoms. The van der Waals surface area contributed by atoms with Crippen LogP contribution in [0.15, 0.2) is 0 Å². The highest BCUT2D eigenvalue weighted by atomic mass is 19.1. The smallest absolute Gasteiger partial charge is 0.144 e. The molecule has 0 fully saturated rings. The molecule has 0 aromatic rings. The molecule has 0 amide bonds. The maximum absolute atomic E-state index is 13.0. The first-order valence-corrected chi connectivity index (χ1v) is 8.59. The summed E-state index contributed by atoms with van der Waals surface area (Å²) in [5.74, 6) is 0.224. The molecule has 0 heterocycles. The van der Waals surface area contributed by atoms with Crippen LogP contribution in [0.5, 0.6) is 0 Å². The van der Waals surface area contributed by atoms with Crippen LogP contribution >= 0.6 is 0 Å². The Morgan fingerprint density at radius 3 is 1.70 bits per heavy atom. The summed E-state index contributed by atoms with van der Waals surface area (Å²) in [5.41, 5.74) is -0.791. The normalized spacial score (nSPS) is 12.1. The van der Waals surface area contributed by atoms with Crippen LogP contribution in [0.4, 0.5) is 4.39 Å². The van der Waals surface area contributed by atoms with Gasteiger partial charge in [-0.05, 0) is 12.8 Å². The number of unbranched alkanes of at least 4 members (excludes halogenated alkanes) is 6. The van der Waals surface area contributed by atoms with Crippen LogP contribution in [0.2, 0.25) is 0 Å². The topological polar surface area (TPSA) is 17.1 Å². The fraction of sp³-hybridized carbons (Fsp3) is 0.944. The number of rotatable bonds is 13. The van der Waals surface area contributed by atoms with Gasteiger partial charge in [0, 0.05) is 5.92 Å². The molecule has 0 aromatic carbocycles. The van der Waals surface area contributed by atoms with Crippen LogP contribution in [0.1, 0.15) is 91.9 Å². The van der Waals surface area contributed by atoms with Crippen LogP contribution < -0.4 is 0 Å². The first-order valence-electron chi connectivity index (χ1n) is 8.59. The molecule has 0 rings (SSSR count). The van der Waals surface area contributed by atoms with Crippen molar-refractivity contribution < 1.29 is 9.18 Å². The van der Waals surface area contributed by atoms with E-state index in [-0.39, 0.29) is 11.7 Å². The number of hydrogen-bond acceptors (Lipinski definition) is 1. The van der Waals surface area contributed by atoms with E-state index in [0.717, 1.165) is 25.7 Å². The summed E-state index contributed by atoms with van der Waals surface area (Å²) in [5, 5.41) is 0. The highest BCUT2D eigenvalue weighted by molar-refractivity contribution is 5.86. The summed E-state index contributed by atoms with van der Waals surface area (Å²) in [6.45, 7) is 7.35. The van der Waals surface area contributed by atoms with Crippen molar-refractivity contribution in [3.8, 4) is 0 Å². The average Bonchev–Trinajstić information content (AvgIpc) is 2.45. The van der Waals surface area contributed by atoms with E-state index in [0.29, 0.717) is 0 Å². The molecule has 0 aliphatic carbocycles. The molecule has 0 saturated heterocycles. The number of hydrogen-bond donors (Lipinski definition) is 0. The summed E-state index contributed by atoms with van der Waals surface area (Å²) in [7, 11) is 0. The monoisotopic (exact) mass is 286 g/mol. The molecule has 0 radical (unpaired) electrons. The fourth-order valence-corrected chi connectivity index (χ4v) is 2.66. The van der Waals surface area contributed by atoms with Gasteiger partial charge in [-0.1, -0.05) is 79.1 Å². The number of Topliss-reactive ketones (excluding diaryl/α,β-unsaturated/α-hetero) is 1. The second-order valence-corrected chi connectivity index (χ2v) is 6.78. The van der Waals surface area contributed by atoms with Crippen LogP contribution in [0.3, 0.4) is 0 Å². The molecule has 0 unspecified atom stereocenters. The summed E-state index contributed by atoms with van der Waals surface area (Å²) in [4.78, 5) is 12.5. The van der Waals surface area contributed by atoms with E-state index < -0.39 is 12.1 Å². The second-order valence-electron chi connectivity index (χ2n) is 6.78. The van der Waals surface area contributed by atoms with Gasteiger partial charge in [-0.15, -0.1) is 0 Å². The fourth-order valence-electron chi connectivity index (χ4n) is 2.66. The van der Waals surface area contributed by atoms with Gasteiger partial charge in [-0.3, -0.25) is 9.18 Å². The van der Waals surface area contributed by atoms with Crippen molar-refractivity contribution >= 4 is 5.78 Å². The average molecular weight is 286 g/mol. The maximum atomic E-state index is 13.0. The van der Waals surface area contributed by atoms with Gasteiger partial charge < -0.3 is 0 Å². The standard InChI is InChI=1S/C18H35FO/c1-5-7-9-11-13-16(14-12-10-8-6-2)17(20)18(3,4)15-19/h16H,5-15H2,1-4H3. The van der Waals surface area contributed by atoms with E-state index in [2.05, 4.69) is 13.8 Å². The molecule has 0 atom stereocenters. The number of carbonyl (C=O) groups is 1. The zero-order valence-electron chi connectivity index (χ0n) is 14.1. The zero-order chi connectivity index (χ0) is 15.4. The zero-order valence-corrected chi connectivity index (χ0v) is 14.1. The van der Waals surface area contributed by atoms with Gasteiger partial charge in [0.15, 0.2) is 0 Å². The first kappa shape index (κ1) is 19.6. The van der Waals surface area contributed by atoms with Crippen molar-refractivity contribution in [3.05, 3.63) is 0 Å². The van der Waals surface area contributed by atoms with Gasteiger partial charge in [0.25, 0.3) is 0 Å². The van der Waals surface area contributed by atoms with Gasteiger partial charge >= 0.3 is 0 Å². The number of carbonyl (C=O) groups excluding carboxylic acids is 1. The van der Waals surface area contributed by atoms with Crippen molar-refractivity contribution in [2.75, 3.05) is 6.67 Å². The lowest BCUT2D eigenvalue weighted by molar-refractivity contribution is -0.132. The Kier molecular flexibility index (Phi) is 11.1. The molecule has 2 heteroatoms. The van der Waals surface area contributed by atoms with Gasteiger partial charge in [0.05, 0.1) is 5.41 Å². The van der Waals surface area contributed by atoms with Crippen LogP contribution in [0.25, 0.3) is 0 Å². The molecule has 0 aromatic heterocycles. The maximum Gasteiger partial charge on any atom is 0.144 e. The SMILES string of the molecule is CCCCCCC(CCCCCC)C(=O)C(C)(C)CF. The van der Waals surface area contributed by atoms with Gasteiger partial charge in [0.1, 0.15) is 12.5 Å². The Bertz CT molecular complexity index is 236. The Morgan fingerprint density at radius 1 is 0.900 bits per heavy atom. The molecule has 0 aliphatic heterocycles. The minimum absolute atomic E-state index is 0.0782. The van der Waals surface area contributed by atoms with Gasteiger partial charge in [0.2, 0.25) is 0 Å². The highest BCUT2D eigenvalue weighted by Crippen LogP contribution is 2.29. The molecular formula is C18H35FO. The Labute approximate surface area is 125 Å². The largest absolute Gasteiger partial charge is 0.299 e. The minimum Gasteiger partial charge on any atom is -0.299 e. The minimum atomic E-state index is -0.791. The van der Waals surface area contributed by atoms with Crippen molar-refractivity contribution in [1.29, 1.82) is 0 Å². The highest BCUT2D eigenvalue weighted by Gasteiger charge is 2.32. The summed E-state index contributed by atoms with van der Waals surface area (Å²) in [6, 6.07) is 0. The quantitative estimate of drug-likeness (QED) is 0.373. The lowest BCUT2D eigenvalue weighted by atomic mass is 9.78. The van der Waals surface area contributed by atoms with Crippen molar-refractivity contribution in [2.24, 2.45) is 11.3 Å². The third kappa shape index (κ3) is 8.01. The predicted molar refractivity (Wildman–Crippen MR) is 85.8 cm³/mol. The van der Waals surface area contributed by atoms with Crippen molar-refractivity contribution in [3.63, 3.8) is 0 Å². The molecule has 120 valence electrons. The lowest BCUT2D eigenvalue weighted by Gasteiger charge is -2.26. The third-order valence-electron chi connectivity index (χ3n) is 4.18. The number of ketones is 1. The molecule has 0 saturated carbocycles. The van der Waals surface area contributed by atoms with E-state index in [1.165, 1.54) is 38.5 Å². The number of alkyl halides is 1. The Morgan fingerprint density at radius 2 is 1.35 bits per heavy atom. The molecule has 0 spiro atoms. The third-order valence-corrected chi connectivity index (χ3v) is 4.18. The molecule has 1 nitrogen and oxygen atoms in total. The molecule has 0 bridgehead atoms. The molecule has 0 N–H and O–H groups in total. The summed E-state index contributed by atoms with van der Waals surface area (Å²) >= 11 is 0. The van der Waals surface area contributed by atoms with E-state index in [1.807, 2.05) is 0 Å². The molecule has 0 aliphatic rings. The van der Waals surface area contributed by atoms with E-state index in [1.54, 1.807) is 13.8 Å². The summed E-state index contributed by atoms with van der Waals surface area (Å²) in [6.07, 6.45) is 11.4. The predicted octanol–water partition coefficient (Wildman–Crippen LogP) is 6.11. The second kappa shape index (κ2) is 11.3. The van der Waals surface area contributed by atoms with Crippen LogP contribution in [-0.2, 0) is 4.79 Å². The van der Waals surface area contributed by atoms with E-state index >= 15 is 0 Å². The molecular weight excluding hydrogens is 251 g/mol. The van der Waals surface area contributed by atoms with E-state index in [4.69, 9.17) is 0 Å². The first-order chi connectivity index (χ1) is 9.49. The summed E-state index contributed by atoms with van der Waals surface area (Å²) < 4.78 is 13.0. The van der Waals surface area contributed by atoms with Crippen molar-refractivity contribution in [2.45, 2.75) is 91.9 Å². The van der Waals surface area contributed by atoms with Crippen LogP contribution in [-0.4, -0.2) is 12.5 Å². The number of halogens is 1. The van der Waals surface area contributed by atoms with E-state index in [9.17, 15) is 9.18 Å². The lowest BCUT2D eigenvalue weighted by Crippen LogP contribution is -2.33. The van der Waals surface area contributed by atoms with Crippen molar-refractivity contribution in [1.82, 2.24) is 0 Å². The van der Waals surface area contributed by atoms with Gasteiger partial charge in [-0.2, -0.15) is 0 Å². The Balaban J connectivity index is 4.33. The van der Waals surface area contributed by atoms with Crippen LogP contribution in [0, 0.1) is 11.3 Å². The Hall–Kier alpha value is -0.400.